The molecule has 2 aromatic heterocycles. The molecule has 2 saturated heterocycles. The summed E-state index contributed by atoms with van der Waals surface area (Å²) in [5.41, 5.74) is 5.99. The molecule has 0 bridgehead atoms. The molecule has 0 amide bonds. The van der Waals surface area contributed by atoms with Gasteiger partial charge in [-0.15, -0.1) is 0 Å². The van der Waals surface area contributed by atoms with E-state index in [0.29, 0.717) is 23.9 Å². The van der Waals surface area contributed by atoms with E-state index in [4.69, 9.17) is 14.5 Å². The average Bonchev–Trinajstić information content (AvgIpc) is 3.51. The van der Waals surface area contributed by atoms with Crippen molar-refractivity contribution in [3.05, 3.63) is 52.9 Å². The predicted molar refractivity (Wildman–Crippen MR) is 189 cm³/mol. The van der Waals surface area contributed by atoms with Crippen LogP contribution in [0.3, 0.4) is 0 Å². The van der Waals surface area contributed by atoms with Crippen molar-refractivity contribution in [1.82, 2.24) is 24.8 Å². The van der Waals surface area contributed by atoms with Crippen LogP contribution in [0.25, 0.3) is 11.0 Å². The van der Waals surface area contributed by atoms with Crippen LogP contribution in [-0.4, -0.2) is 90.2 Å². The molecule has 0 spiro atoms. The highest BCUT2D eigenvalue weighted by Gasteiger charge is 2.31. The zero-order valence-corrected chi connectivity index (χ0v) is 29.2. The second-order valence-electron chi connectivity index (χ2n) is 11.8. The first-order valence-electron chi connectivity index (χ1n) is 15.6. The van der Waals surface area contributed by atoms with E-state index in [1.165, 1.54) is 11.3 Å². The number of rotatable bonds is 10. The summed E-state index contributed by atoms with van der Waals surface area (Å²) in [5.74, 6) is 1.89. The first kappa shape index (κ1) is 31.9. The van der Waals surface area contributed by atoms with E-state index in [0.717, 1.165) is 90.0 Å². The normalized spacial score (nSPS) is 17.8. The Balaban J connectivity index is 1.17. The van der Waals surface area contributed by atoms with E-state index in [1.54, 1.807) is 25.7 Å². The van der Waals surface area contributed by atoms with Crippen LogP contribution < -0.4 is 25.6 Å². The summed E-state index contributed by atoms with van der Waals surface area (Å²) in [6.45, 7) is 13.8. The number of methoxy groups -OCH3 is 1. The number of nitrogens with one attached hydrogen (secondary N) is 2. The fourth-order valence-electron chi connectivity index (χ4n) is 6.55. The zero-order chi connectivity index (χ0) is 31.5. The molecule has 45 heavy (non-hydrogen) atoms. The van der Waals surface area contributed by atoms with E-state index in [-0.39, 0.29) is 0 Å². The molecule has 0 saturated carbocycles. The summed E-state index contributed by atoms with van der Waals surface area (Å²) >= 11 is 3.64. The topological polar surface area (TPSA) is 101 Å². The Hall–Kier alpha value is -3.11. The minimum Gasteiger partial charge on any atom is -0.494 e. The van der Waals surface area contributed by atoms with Gasteiger partial charge in [-0.2, -0.15) is 4.98 Å². The monoisotopic (exact) mass is 692 g/mol. The number of halogens is 1. The third kappa shape index (κ3) is 7.02. The number of nitrogens with zero attached hydrogens (tertiary/aromatic N) is 6. The van der Waals surface area contributed by atoms with Crippen LogP contribution >= 0.6 is 23.9 Å². The molecule has 2 aromatic carbocycles. The molecule has 1 atom stereocenters. The van der Waals surface area contributed by atoms with Crippen molar-refractivity contribution in [2.75, 3.05) is 68.8 Å². The van der Waals surface area contributed by atoms with Gasteiger partial charge in [0.05, 0.1) is 34.4 Å². The minimum atomic E-state index is -0.465. The van der Waals surface area contributed by atoms with E-state index in [9.17, 15) is 0 Å². The molecular weight excluding hydrogens is 651 g/mol. The first-order valence-corrected chi connectivity index (χ1v) is 18.6. The summed E-state index contributed by atoms with van der Waals surface area (Å²) in [7, 11) is 1.25. The minimum absolute atomic E-state index is 0.396. The van der Waals surface area contributed by atoms with Gasteiger partial charge in [0.1, 0.15) is 11.6 Å². The number of hydrogen-bond acceptors (Lipinski definition) is 10. The summed E-state index contributed by atoms with van der Waals surface area (Å²) in [6.07, 6.45) is 9.09. The van der Waals surface area contributed by atoms with E-state index < -0.39 is 7.92 Å². The van der Waals surface area contributed by atoms with Crippen LogP contribution in [0.4, 0.5) is 28.8 Å². The van der Waals surface area contributed by atoms with Crippen LogP contribution in [0.5, 0.6) is 5.75 Å². The molecule has 6 rings (SSSR count). The second kappa shape index (κ2) is 14.1. The smallest absolute Gasteiger partial charge is 0.229 e. The molecule has 10 nitrogen and oxygen atoms in total. The van der Waals surface area contributed by atoms with Gasteiger partial charge in [0.15, 0.2) is 0 Å². The zero-order valence-electron chi connectivity index (χ0n) is 26.7. The van der Waals surface area contributed by atoms with Gasteiger partial charge in [0.2, 0.25) is 5.95 Å². The summed E-state index contributed by atoms with van der Waals surface area (Å²) in [4.78, 5) is 23.6. The highest BCUT2D eigenvalue weighted by atomic mass is 79.9. The molecule has 2 N–H and O–H groups in total. The predicted octanol–water partition coefficient (Wildman–Crippen LogP) is 6.43. The Morgan fingerprint density at radius 3 is 2.56 bits per heavy atom. The molecule has 0 radical (unpaired) electrons. The number of piperidine rings is 1. The largest absolute Gasteiger partial charge is 0.494 e. The van der Waals surface area contributed by atoms with Crippen molar-refractivity contribution in [2.24, 2.45) is 0 Å². The van der Waals surface area contributed by atoms with Crippen molar-refractivity contribution < 1.29 is 9.47 Å². The van der Waals surface area contributed by atoms with Crippen molar-refractivity contribution >= 4 is 69.0 Å². The van der Waals surface area contributed by atoms with Gasteiger partial charge in [0, 0.05) is 80.2 Å². The maximum absolute atomic E-state index is 5.89. The molecule has 2 aliphatic rings. The SMILES string of the molecule is CCO[C@@H]1CCN(C2CCN(c3cc(OC)c(Nc4ncc(Br)c(Nc5ccc6nccnc6c5P(C)C)n4)cc3C)CC2)C1. The Morgan fingerprint density at radius 2 is 1.80 bits per heavy atom. The molecule has 238 valence electrons. The van der Waals surface area contributed by atoms with Crippen LogP contribution in [0.1, 0.15) is 31.7 Å². The molecule has 4 heterocycles. The summed E-state index contributed by atoms with van der Waals surface area (Å²) in [5, 5.41) is 8.09. The van der Waals surface area contributed by atoms with Crippen LogP contribution in [0.2, 0.25) is 0 Å². The third-order valence-corrected chi connectivity index (χ3v) is 10.7. The van der Waals surface area contributed by atoms with Crippen LogP contribution in [0.15, 0.2) is 47.3 Å². The number of hydrogen-bond donors (Lipinski definition) is 2. The van der Waals surface area contributed by atoms with Gasteiger partial charge in [-0.1, -0.05) is 7.92 Å². The van der Waals surface area contributed by atoms with E-state index in [2.05, 4.69) is 90.6 Å². The molecule has 12 heteroatoms. The lowest BCUT2D eigenvalue weighted by Gasteiger charge is -2.38. The average molecular weight is 694 g/mol. The van der Waals surface area contributed by atoms with E-state index >= 15 is 0 Å². The van der Waals surface area contributed by atoms with Crippen LogP contribution in [0, 0.1) is 6.92 Å². The lowest BCUT2D eigenvalue weighted by atomic mass is 10.0. The quantitative estimate of drug-likeness (QED) is 0.181. The van der Waals surface area contributed by atoms with Gasteiger partial charge in [-0.3, -0.25) is 14.9 Å². The lowest BCUT2D eigenvalue weighted by molar-refractivity contribution is 0.0626. The summed E-state index contributed by atoms with van der Waals surface area (Å²) in [6, 6.07) is 8.95. The molecule has 0 aliphatic carbocycles. The number of fused-ring (bicyclic) bond motifs is 1. The fourth-order valence-corrected chi connectivity index (χ4v) is 8.05. The molecule has 0 unspecified atom stereocenters. The van der Waals surface area contributed by atoms with Crippen molar-refractivity contribution in [3.63, 3.8) is 0 Å². The highest BCUT2D eigenvalue weighted by Crippen LogP contribution is 2.38. The molecule has 2 aliphatic heterocycles. The van der Waals surface area contributed by atoms with Crippen molar-refractivity contribution in [2.45, 2.75) is 45.3 Å². The number of aryl methyl sites for hydroxylation is 1. The van der Waals surface area contributed by atoms with Gasteiger partial charge in [-0.25, -0.2) is 4.98 Å². The molecular formula is C33H42BrN8O2P. The molecule has 4 aromatic rings. The third-order valence-electron chi connectivity index (χ3n) is 8.72. The standard InChI is InChI=1S/C33H42BrN8O2P/c1-6-44-23-11-16-42(20-23)22-9-14-41(15-10-22)28-18-29(43-3)27(17-21(28)2)39-33-37-19-24(34)32(40-33)38-26-8-7-25-30(31(26)45(4)5)36-13-12-35-25/h7-8,12-13,17-19,22-23H,6,9-11,14-16,20H2,1-5H3,(H2,37,38,39,40)/t23-/m1/s1. The number of ether oxygens (including phenoxy) is 2. The van der Waals surface area contributed by atoms with Gasteiger partial charge in [-0.05, 0) is 86.1 Å². The van der Waals surface area contributed by atoms with Gasteiger partial charge < -0.3 is 25.0 Å². The van der Waals surface area contributed by atoms with E-state index in [1.807, 2.05) is 12.1 Å². The summed E-state index contributed by atoms with van der Waals surface area (Å²) < 4.78 is 12.5. The Kier molecular flexibility index (Phi) is 9.99. The van der Waals surface area contributed by atoms with Gasteiger partial charge >= 0.3 is 0 Å². The lowest BCUT2D eigenvalue weighted by Crippen LogP contribution is -2.44. The second-order valence-corrected chi connectivity index (χ2v) is 14.9. The molecule has 2 fully saturated rings. The van der Waals surface area contributed by atoms with Crippen molar-refractivity contribution in [3.8, 4) is 5.75 Å². The van der Waals surface area contributed by atoms with Gasteiger partial charge in [0.25, 0.3) is 0 Å². The highest BCUT2D eigenvalue weighted by molar-refractivity contribution is 9.10. The Bertz CT molecular complexity index is 1650. The van der Waals surface area contributed by atoms with Crippen LogP contribution in [-0.2, 0) is 4.74 Å². The fraction of sp³-hybridized carbons (Fsp3) is 0.455. The maximum Gasteiger partial charge on any atom is 0.229 e. The first-order chi connectivity index (χ1) is 21.8. The number of aromatic nitrogens is 4. The number of anilines is 5. The van der Waals surface area contributed by atoms with Crippen molar-refractivity contribution in [1.29, 1.82) is 0 Å². The number of benzene rings is 2. The Morgan fingerprint density at radius 1 is 1.00 bits per heavy atom. The Labute approximate surface area is 275 Å². The number of likely N-dealkylation sites (tertiary alicyclic amines) is 1. The maximum atomic E-state index is 5.89.